The highest BCUT2D eigenvalue weighted by atomic mass is 16.2. The van der Waals surface area contributed by atoms with Crippen molar-refractivity contribution in [3.05, 3.63) is 46.2 Å². The van der Waals surface area contributed by atoms with Crippen molar-refractivity contribution >= 4 is 16.8 Å². The molecule has 1 amide bonds. The molecule has 2 atom stereocenters. The standard InChI is InChI=1S/C19H22N2O2/c22-18-12-16(20-15-9-3-2-8-14(15)18)19(23)21-11-5-7-13-6-1-4-10-17(13)21/h2-3,8-9,12-13,17H,1,4-7,10-11H2,(H,20,22)/t13-,17-/m1/s1. The number of likely N-dealkylation sites (tertiary alicyclic amines) is 1. The first-order valence-corrected chi connectivity index (χ1v) is 8.67. The van der Waals surface area contributed by atoms with Crippen LogP contribution in [0.1, 0.15) is 49.0 Å². The minimum Gasteiger partial charge on any atom is -0.350 e. The number of H-pyrrole nitrogens is 1. The summed E-state index contributed by atoms with van der Waals surface area (Å²) in [6.45, 7) is 0.814. The summed E-state index contributed by atoms with van der Waals surface area (Å²) >= 11 is 0. The maximum absolute atomic E-state index is 13.0. The minimum atomic E-state index is -0.0834. The predicted molar refractivity (Wildman–Crippen MR) is 90.6 cm³/mol. The molecule has 1 aliphatic carbocycles. The Balaban J connectivity index is 1.69. The van der Waals surface area contributed by atoms with Gasteiger partial charge >= 0.3 is 0 Å². The number of pyridine rings is 1. The molecule has 4 rings (SSSR count). The number of rotatable bonds is 1. The molecule has 0 radical (unpaired) electrons. The van der Waals surface area contributed by atoms with Gasteiger partial charge in [0.15, 0.2) is 5.43 Å². The lowest BCUT2D eigenvalue weighted by Crippen LogP contribution is -2.50. The normalized spacial score (nSPS) is 24.4. The molecule has 2 fully saturated rings. The molecule has 1 saturated carbocycles. The second kappa shape index (κ2) is 5.84. The molecule has 0 spiro atoms. The lowest BCUT2D eigenvalue weighted by molar-refractivity contribution is 0.0385. The van der Waals surface area contributed by atoms with E-state index in [1.54, 1.807) is 6.07 Å². The van der Waals surface area contributed by atoms with E-state index in [4.69, 9.17) is 0 Å². The average molecular weight is 310 g/mol. The van der Waals surface area contributed by atoms with Gasteiger partial charge in [0.1, 0.15) is 5.69 Å². The third-order valence-corrected chi connectivity index (χ3v) is 5.47. The zero-order valence-corrected chi connectivity index (χ0v) is 13.3. The summed E-state index contributed by atoms with van der Waals surface area (Å²) in [4.78, 5) is 30.5. The van der Waals surface area contributed by atoms with Gasteiger partial charge in [0.05, 0.1) is 0 Å². The van der Waals surface area contributed by atoms with Crippen molar-refractivity contribution in [1.82, 2.24) is 9.88 Å². The highest BCUT2D eigenvalue weighted by Gasteiger charge is 2.36. The average Bonchev–Trinajstić information content (AvgIpc) is 2.60. The van der Waals surface area contributed by atoms with Crippen LogP contribution in [0.2, 0.25) is 0 Å². The molecule has 2 aromatic rings. The number of para-hydroxylation sites is 1. The monoisotopic (exact) mass is 310 g/mol. The van der Waals surface area contributed by atoms with Crippen molar-refractivity contribution in [3.63, 3.8) is 0 Å². The molecule has 1 N–H and O–H groups in total. The lowest BCUT2D eigenvalue weighted by Gasteiger charge is -2.44. The second-order valence-electron chi connectivity index (χ2n) is 6.85. The van der Waals surface area contributed by atoms with Gasteiger partial charge in [0, 0.05) is 29.6 Å². The van der Waals surface area contributed by atoms with Crippen LogP contribution in [0.15, 0.2) is 35.1 Å². The van der Waals surface area contributed by atoms with Crippen LogP contribution in [-0.4, -0.2) is 28.4 Å². The van der Waals surface area contributed by atoms with Crippen molar-refractivity contribution in [1.29, 1.82) is 0 Å². The molecule has 0 unspecified atom stereocenters. The highest BCUT2D eigenvalue weighted by molar-refractivity contribution is 5.95. The van der Waals surface area contributed by atoms with Gasteiger partial charge in [-0.2, -0.15) is 0 Å². The number of nitrogens with one attached hydrogen (secondary N) is 1. The van der Waals surface area contributed by atoms with Crippen LogP contribution in [0.3, 0.4) is 0 Å². The number of carbonyl (C=O) groups is 1. The Morgan fingerprint density at radius 1 is 1.09 bits per heavy atom. The minimum absolute atomic E-state index is 0.00977. The van der Waals surface area contributed by atoms with E-state index in [1.807, 2.05) is 23.1 Å². The molecule has 2 aliphatic rings. The molecule has 1 aliphatic heterocycles. The number of aromatic amines is 1. The van der Waals surface area contributed by atoms with Gasteiger partial charge in [0.25, 0.3) is 5.91 Å². The third-order valence-electron chi connectivity index (χ3n) is 5.47. The van der Waals surface area contributed by atoms with Crippen LogP contribution in [0.4, 0.5) is 0 Å². The fraction of sp³-hybridized carbons (Fsp3) is 0.474. The first-order valence-electron chi connectivity index (χ1n) is 8.67. The molecular formula is C19H22N2O2. The van der Waals surface area contributed by atoms with E-state index in [2.05, 4.69) is 4.98 Å². The number of amides is 1. The molecule has 1 saturated heterocycles. The fourth-order valence-corrected chi connectivity index (χ4v) is 4.34. The van der Waals surface area contributed by atoms with Crippen LogP contribution in [-0.2, 0) is 0 Å². The highest BCUT2D eigenvalue weighted by Crippen LogP contribution is 2.35. The van der Waals surface area contributed by atoms with Gasteiger partial charge < -0.3 is 9.88 Å². The number of hydrogen-bond donors (Lipinski definition) is 1. The van der Waals surface area contributed by atoms with E-state index in [0.29, 0.717) is 23.0 Å². The Kier molecular flexibility index (Phi) is 3.68. The third kappa shape index (κ3) is 2.56. The summed E-state index contributed by atoms with van der Waals surface area (Å²) < 4.78 is 0. The SMILES string of the molecule is O=C(c1cc(=O)c2ccccc2[nH]1)N1CCC[C@H]2CCCC[C@H]21. The van der Waals surface area contributed by atoms with Crippen molar-refractivity contribution in [2.24, 2.45) is 5.92 Å². The number of aromatic nitrogens is 1. The summed E-state index contributed by atoms with van der Waals surface area (Å²) in [5, 5.41) is 0.637. The summed E-state index contributed by atoms with van der Waals surface area (Å²) in [5.74, 6) is 0.637. The molecule has 4 heteroatoms. The van der Waals surface area contributed by atoms with E-state index in [9.17, 15) is 9.59 Å². The number of carbonyl (C=O) groups excluding carboxylic acids is 1. The zero-order valence-electron chi connectivity index (χ0n) is 13.3. The Labute approximate surface area is 135 Å². The van der Waals surface area contributed by atoms with Gasteiger partial charge in [0.2, 0.25) is 0 Å². The summed E-state index contributed by atoms with van der Waals surface area (Å²) in [7, 11) is 0. The molecule has 120 valence electrons. The van der Waals surface area contributed by atoms with Crippen molar-refractivity contribution in [2.75, 3.05) is 6.54 Å². The molecule has 2 heterocycles. The maximum atomic E-state index is 13.0. The van der Waals surface area contributed by atoms with Gasteiger partial charge in [-0.05, 0) is 43.7 Å². The van der Waals surface area contributed by atoms with E-state index in [0.717, 1.165) is 24.9 Å². The Bertz CT molecular complexity index is 793. The van der Waals surface area contributed by atoms with Crippen LogP contribution in [0.25, 0.3) is 10.9 Å². The molecule has 1 aromatic heterocycles. The largest absolute Gasteiger partial charge is 0.350 e. The van der Waals surface area contributed by atoms with Crippen molar-refractivity contribution in [2.45, 2.75) is 44.6 Å². The number of piperidine rings is 1. The predicted octanol–water partition coefficient (Wildman–Crippen LogP) is 3.32. The maximum Gasteiger partial charge on any atom is 0.270 e. The van der Waals surface area contributed by atoms with Crippen LogP contribution < -0.4 is 5.43 Å². The van der Waals surface area contributed by atoms with Crippen LogP contribution >= 0.6 is 0 Å². The zero-order chi connectivity index (χ0) is 15.8. The van der Waals surface area contributed by atoms with E-state index in [1.165, 1.54) is 31.7 Å². The number of nitrogens with zero attached hydrogens (tertiary/aromatic N) is 1. The van der Waals surface area contributed by atoms with Gasteiger partial charge in [-0.15, -0.1) is 0 Å². The first kappa shape index (κ1) is 14.5. The Hall–Kier alpha value is -2.10. The Morgan fingerprint density at radius 3 is 2.78 bits per heavy atom. The fourth-order valence-electron chi connectivity index (χ4n) is 4.34. The summed E-state index contributed by atoms with van der Waals surface area (Å²) in [6, 6.07) is 9.20. The molecular weight excluding hydrogens is 288 g/mol. The quantitative estimate of drug-likeness (QED) is 0.878. The van der Waals surface area contributed by atoms with Crippen molar-refractivity contribution < 1.29 is 4.79 Å². The molecule has 1 aromatic carbocycles. The van der Waals surface area contributed by atoms with E-state index < -0.39 is 0 Å². The van der Waals surface area contributed by atoms with Crippen LogP contribution in [0.5, 0.6) is 0 Å². The van der Waals surface area contributed by atoms with Gasteiger partial charge in [-0.3, -0.25) is 9.59 Å². The van der Waals surface area contributed by atoms with Gasteiger partial charge in [-0.1, -0.05) is 25.0 Å². The molecule has 23 heavy (non-hydrogen) atoms. The van der Waals surface area contributed by atoms with E-state index >= 15 is 0 Å². The lowest BCUT2D eigenvalue weighted by atomic mass is 9.78. The number of fused-ring (bicyclic) bond motifs is 2. The molecule has 4 nitrogen and oxygen atoms in total. The van der Waals surface area contributed by atoms with Gasteiger partial charge in [-0.25, -0.2) is 0 Å². The summed E-state index contributed by atoms with van der Waals surface area (Å²) in [6.07, 6.45) is 7.15. The Morgan fingerprint density at radius 2 is 1.87 bits per heavy atom. The number of hydrogen-bond acceptors (Lipinski definition) is 2. The smallest absolute Gasteiger partial charge is 0.270 e. The first-order chi connectivity index (χ1) is 11.2. The summed E-state index contributed by atoms with van der Waals surface area (Å²) in [5.41, 5.74) is 1.08. The topological polar surface area (TPSA) is 53.2 Å². The second-order valence-corrected chi connectivity index (χ2v) is 6.85. The van der Waals surface area contributed by atoms with Crippen molar-refractivity contribution in [3.8, 4) is 0 Å². The molecule has 0 bridgehead atoms. The number of benzene rings is 1. The van der Waals surface area contributed by atoms with E-state index in [-0.39, 0.29) is 11.3 Å². The van der Waals surface area contributed by atoms with Crippen LogP contribution in [0, 0.1) is 5.92 Å².